The minimum absolute atomic E-state index is 0.0241. The zero-order valence-corrected chi connectivity index (χ0v) is 16.8. The van der Waals surface area contributed by atoms with Gasteiger partial charge in [0.25, 0.3) is 0 Å². The summed E-state index contributed by atoms with van der Waals surface area (Å²) in [5.41, 5.74) is 1.48. The van der Waals surface area contributed by atoms with Gasteiger partial charge in [0.1, 0.15) is 0 Å². The van der Waals surface area contributed by atoms with Crippen LogP contribution in [0.15, 0.2) is 53.4 Å². The van der Waals surface area contributed by atoms with Gasteiger partial charge in [-0.2, -0.15) is 4.31 Å². The summed E-state index contributed by atoms with van der Waals surface area (Å²) in [6.07, 6.45) is 0. The summed E-state index contributed by atoms with van der Waals surface area (Å²) in [5, 5.41) is 10.5. The van der Waals surface area contributed by atoms with Crippen LogP contribution in [0.3, 0.4) is 0 Å². The molecule has 1 aliphatic rings. The largest absolute Gasteiger partial charge is 0.478 e. The Hall–Kier alpha value is -2.52. The molecule has 3 aromatic rings. The van der Waals surface area contributed by atoms with Crippen molar-refractivity contribution in [3.05, 3.63) is 59.1 Å². The maximum Gasteiger partial charge on any atom is 0.336 e. The van der Waals surface area contributed by atoms with Crippen molar-refractivity contribution in [2.24, 2.45) is 0 Å². The van der Waals surface area contributed by atoms with Crippen molar-refractivity contribution in [3.8, 4) is 11.3 Å². The number of carboxylic acids is 1. The molecule has 7 nitrogen and oxygen atoms in total. The molecule has 2 heterocycles. The number of morpholine rings is 1. The summed E-state index contributed by atoms with van der Waals surface area (Å²) in [6.45, 7) is 1.19. The van der Waals surface area contributed by atoms with Crippen molar-refractivity contribution in [2.45, 2.75) is 4.90 Å². The topological polar surface area (TPSA) is 96.8 Å². The van der Waals surface area contributed by atoms with Gasteiger partial charge in [-0.25, -0.2) is 18.2 Å². The quantitative estimate of drug-likeness (QED) is 0.679. The molecular formula is C20H17ClN2O5S. The van der Waals surface area contributed by atoms with Crippen LogP contribution in [0.1, 0.15) is 10.4 Å². The molecule has 0 unspecified atom stereocenters. The molecule has 150 valence electrons. The number of aromatic carboxylic acids is 1. The third-order valence-corrected chi connectivity index (χ3v) is 6.87. The van der Waals surface area contributed by atoms with E-state index in [1.807, 2.05) is 0 Å². The van der Waals surface area contributed by atoms with E-state index in [0.29, 0.717) is 35.0 Å². The number of benzene rings is 2. The Morgan fingerprint density at radius 2 is 1.86 bits per heavy atom. The second-order valence-electron chi connectivity index (χ2n) is 6.57. The number of aromatic nitrogens is 1. The SMILES string of the molecule is O=C(O)c1cc(-c2cccc(Cl)c2)nc2ccc(S(=O)(=O)N3CCOCC3)cc12. The lowest BCUT2D eigenvalue weighted by molar-refractivity contribution is 0.0699. The van der Waals surface area contributed by atoms with E-state index in [9.17, 15) is 18.3 Å². The van der Waals surface area contributed by atoms with E-state index in [1.165, 1.54) is 28.6 Å². The Kier molecular flexibility index (Phi) is 5.26. The Morgan fingerprint density at radius 1 is 1.10 bits per heavy atom. The van der Waals surface area contributed by atoms with Gasteiger partial charge in [0, 0.05) is 29.1 Å². The maximum atomic E-state index is 12.9. The molecule has 0 aliphatic carbocycles. The first-order valence-electron chi connectivity index (χ1n) is 8.88. The molecule has 4 rings (SSSR count). The fourth-order valence-corrected chi connectivity index (χ4v) is 4.90. The number of fused-ring (bicyclic) bond motifs is 1. The smallest absolute Gasteiger partial charge is 0.336 e. The highest BCUT2D eigenvalue weighted by molar-refractivity contribution is 7.89. The third-order valence-electron chi connectivity index (χ3n) is 4.74. The van der Waals surface area contributed by atoms with Crippen molar-refractivity contribution >= 4 is 38.5 Å². The van der Waals surface area contributed by atoms with Gasteiger partial charge in [0.2, 0.25) is 10.0 Å². The van der Waals surface area contributed by atoms with Crippen molar-refractivity contribution < 1.29 is 23.1 Å². The van der Waals surface area contributed by atoms with Crippen LogP contribution < -0.4 is 0 Å². The second-order valence-corrected chi connectivity index (χ2v) is 8.94. The number of carbonyl (C=O) groups is 1. The monoisotopic (exact) mass is 432 g/mol. The van der Waals surface area contributed by atoms with Crippen molar-refractivity contribution in [2.75, 3.05) is 26.3 Å². The molecule has 0 saturated carbocycles. The van der Waals surface area contributed by atoms with Crippen LogP contribution in [0.4, 0.5) is 0 Å². The Labute approximate surface area is 172 Å². The van der Waals surface area contributed by atoms with E-state index in [-0.39, 0.29) is 28.9 Å². The standard InChI is InChI=1S/C20H17ClN2O5S/c21-14-3-1-2-13(10-14)19-12-17(20(24)25)16-11-15(4-5-18(16)22-19)29(26,27)23-6-8-28-9-7-23/h1-5,10-12H,6-9H2,(H,24,25). The molecule has 0 radical (unpaired) electrons. The molecule has 2 aromatic carbocycles. The first-order chi connectivity index (χ1) is 13.9. The van der Waals surface area contributed by atoms with Crippen LogP contribution in [-0.4, -0.2) is 55.1 Å². The number of rotatable bonds is 4. The van der Waals surface area contributed by atoms with E-state index in [1.54, 1.807) is 24.3 Å². The zero-order valence-electron chi connectivity index (χ0n) is 15.2. The highest BCUT2D eigenvalue weighted by Gasteiger charge is 2.27. The molecule has 1 fully saturated rings. The van der Waals surface area contributed by atoms with Gasteiger partial charge in [0.15, 0.2) is 0 Å². The second kappa shape index (κ2) is 7.72. The van der Waals surface area contributed by atoms with Crippen molar-refractivity contribution in [1.82, 2.24) is 9.29 Å². The van der Waals surface area contributed by atoms with Gasteiger partial charge in [-0.3, -0.25) is 0 Å². The summed E-state index contributed by atoms with van der Waals surface area (Å²) in [7, 11) is -3.75. The van der Waals surface area contributed by atoms with Crippen molar-refractivity contribution in [3.63, 3.8) is 0 Å². The number of ether oxygens (including phenoxy) is 1. The predicted molar refractivity (Wildman–Crippen MR) is 109 cm³/mol. The van der Waals surface area contributed by atoms with Crippen LogP contribution in [0.25, 0.3) is 22.2 Å². The van der Waals surface area contributed by atoms with E-state index in [4.69, 9.17) is 16.3 Å². The van der Waals surface area contributed by atoms with Crippen LogP contribution in [-0.2, 0) is 14.8 Å². The zero-order chi connectivity index (χ0) is 20.6. The van der Waals surface area contributed by atoms with Gasteiger partial charge < -0.3 is 9.84 Å². The molecular weight excluding hydrogens is 416 g/mol. The number of nitrogens with zero attached hydrogens (tertiary/aromatic N) is 2. The fraction of sp³-hybridized carbons (Fsp3) is 0.200. The van der Waals surface area contributed by atoms with Crippen LogP contribution >= 0.6 is 11.6 Å². The van der Waals surface area contributed by atoms with Crippen LogP contribution in [0, 0.1) is 0 Å². The highest BCUT2D eigenvalue weighted by atomic mass is 35.5. The average Bonchev–Trinajstić information content (AvgIpc) is 2.73. The molecule has 9 heteroatoms. The lowest BCUT2D eigenvalue weighted by Crippen LogP contribution is -2.40. The lowest BCUT2D eigenvalue weighted by atomic mass is 10.0. The Balaban J connectivity index is 1.85. The summed E-state index contributed by atoms with van der Waals surface area (Å²) >= 11 is 6.04. The van der Waals surface area contributed by atoms with E-state index >= 15 is 0 Å². The van der Waals surface area contributed by atoms with Crippen LogP contribution in [0.2, 0.25) is 5.02 Å². The first kappa shape index (κ1) is 19.8. The van der Waals surface area contributed by atoms with Gasteiger partial charge in [-0.15, -0.1) is 0 Å². The van der Waals surface area contributed by atoms with Gasteiger partial charge in [0.05, 0.1) is 34.9 Å². The molecule has 0 spiro atoms. The summed E-state index contributed by atoms with van der Waals surface area (Å²) in [5.74, 6) is -1.17. The fourth-order valence-electron chi connectivity index (χ4n) is 3.27. The number of carboxylic acid groups (broad SMARTS) is 1. The number of hydrogen-bond acceptors (Lipinski definition) is 5. The Morgan fingerprint density at radius 3 is 2.55 bits per heavy atom. The molecule has 1 N–H and O–H groups in total. The Bertz CT molecular complexity index is 1210. The molecule has 1 aliphatic heterocycles. The van der Waals surface area contributed by atoms with Gasteiger partial charge >= 0.3 is 5.97 Å². The maximum absolute atomic E-state index is 12.9. The van der Waals surface area contributed by atoms with Crippen LogP contribution in [0.5, 0.6) is 0 Å². The first-order valence-corrected chi connectivity index (χ1v) is 10.7. The molecule has 29 heavy (non-hydrogen) atoms. The van der Waals surface area contributed by atoms with Gasteiger partial charge in [-0.1, -0.05) is 23.7 Å². The molecule has 0 atom stereocenters. The van der Waals surface area contributed by atoms with E-state index in [2.05, 4.69) is 4.98 Å². The highest BCUT2D eigenvalue weighted by Crippen LogP contribution is 2.29. The average molecular weight is 433 g/mol. The molecule has 0 amide bonds. The minimum Gasteiger partial charge on any atom is -0.478 e. The summed E-state index contributed by atoms with van der Waals surface area (Å²) in [6, 6.07) is 12.7. The lowest BCUT2D eigenvalue weighted by Gasteiger charge is -2.26. The predicted octanol–water partition coefficient (Wildman–Crippen LogP) is 3.27. The number of hydrogen-bond donors (Lipinski definition) is 1. The van der Waals surface area contributed by atoms with Crippen molar-refractivity contribution in [1.29, 1.82) is 0 Å². The number of sulfonamides is 1. The molecule has 0 bridgehead atoms. The normalized spacial score (nSPS) is 15.5. The third kappa shape index (κ3) is 3.84. The minimum atomic E-state index is -3.75. The molecule has 1 saturated heterocycles. The summed E-state index contributed by atoms with van der Waals surface area (Å²) < 4.78 is 32.4. The molecule has 1 aromatic heterocycles. The van der Waals surface area contributed by atoms with E-state index < -0.39 is 16.0 Å². The number of halogens is 1. The van der Waals surface area contributed by atoms with E-state index in [0.717, 1.165) is 0 Å². The summed E-state index contributed by atoms with van der Waals surface area (Å²) in [4.78, 5) is 16.4. The number of pyridine rings is 1. The van der Waals surface area contributed by atoms with Gasteiger partial charge in [-0.05, 0) is 36.4 Å².